The quantitative estimate of drug-likeness (QED) is 0.381. The molecule has 2 aromatic carbocycles. The molecule has 2 aromatic heterocycles. The van der Waals surface area contributed by atoms with Gasteiger partial charge in [-0.2, -0.15) is 4.98 Å². The third-order valence-corrected chi connectivity index (χ3v) is 5.29. The number of hydrogen-bond acceptors (Lipinski definition) is 8. The number of fused-ring (bicyclic) bond motifs is 1. The summed E-state index contributed by atoms with van der Waals surface area (Å²) in [6.07, 6.45) is 0.443. The van der Waals surface area contributed by atoms with Gasteiger partial charge in [0.05, 0.1) is 31.2 Å². The molecular formula is C24H25N5O5. The number of para-hydroxylation sites is 1. The van der Waals surface area contributed by atoms with Gasteiger partial charge in [-0.1, -0.05) is 17.3 Å². The zero-order valence-corrected chi connectivity index (χ0v) is 19.0. The van der Waals surface area contributed by atoms with Crippen molar-refractivity contribution in [3.05, 3.63) is 70.6 Å². The zero-order chi connectivity index (χ0) is 23.9. The summed E-state index contributed by atoms with van der Waals surface area (Å²) in [6.45, 7) is 0.863. The molecule has 0 aliphatic rings. The van der Waals surface area contributed by atoms with Crippen LogP contribution in [0.3, 0.4) is 0 Å². The molecular weight excluding hydrogens is 438 g/mol. The number of benzene rings is 2. The van der Waals surface area contributed by atoms with E-state index in [1.807, 2.05) is 30.3 Å². The van der Waals surface area contributed by atoms with E-state index in [0.717, 1.165) is 11.3 Å². The molecule has 34 heavy (non-hydrogen) atoms. The van der Waals surface area contributed by atoms with Crippen LogP contribution in [0.5, 0.6) is 5.75 Å². The van der Waals surface area contributed by atoms with E-state index >= 15 is 0 Å². The van der Waals surface area contributed by atoms with Crippen LogP contribution in [-0.2, 0) is 22.5 Å². The second kappa shape index (κ2) is 10.7. The van der Waals surface area contributed by atoms with Crippen LogP contribution < -0.4 is 10.3 Å². The summed E-state index contributed by atoms with van der Waals surface area (Å²) in [5, 5.41) is 4.50. The Hall–Kier alpha value is -4.05. The Labute approximate surface area is 195 Å². The molecule has 176 valence electrons. The molecule has 0 radical (unpaired) electrons. The van der Waals surface area contributed by atoms with Gasteiger partial charge in [0.25, 0.3) is 5.56 Å². The molecule has 0 unspecified atom stereocenters. The SMILES string of the molecule is COCCN(Cc1nc2ccccc2c(=O)[nH]1)C(=O)CCc1nc(-c2ccc(OC)cc2)no1. The minimum atomic E-state index is -0.239. The van der Waals surface area contributed by atoms with Crippen molar-refractivity contribution in [2.24, 2.45) is 0 Å². The normalized spacial score (nSPS) is 11.0. The lowest BCUT2D eigenvalue weighted by atomic mass is 10.2. The lowest BCUT2D eigenvalue weighted by molar-refractivity contribution is -0.132. The number of carbonyl (C=O) groups is 1. The molecule has 0 bridgehead atoms. The fourth-order valence-electron chi connectivity index (χ4n) is 3.47. The second-order valence-electron chi connectivity index (χ2n) is 7.58. The number of aromatic nitrogens is 4. The molecule has 1 N–H and O–H groups in total. The van der Waals surface area contributed by atoms with Crippen molar-refractivity contribution in [2.75, 3.05) is 27.4 Å². The van der Waals surface area contributed by atoms with Crippen molar-refractivity contribution in [2.45, 2.75) is 19.4 Å². The van der Waals surface area contributed by atoms with Gasteiger partial charge in [0.1, 0.15) is 11.6 Å². The number of nitrogens with zero attached hydrogens (tertiary/aromatic N) is 4. The topological polar surface area (TPSA) is 123 Å². The number of ether oxygens (including phenoxy) is 2. The van der Waals surface area contributed by atoms with E-state index in [0.29, 0.717) is 41.6 Å². The van der Waals surface area contributed by atoms with Crippen molar-refractivity contribution < 1.29 is 18.8 Å². The minimum Gasteiger partial charge on any atom is -0.497 e. The first-order chi connectivity index (χ1) is 16.6. The van der Waals surface area contributed by atoms with Crippen LogP contribution in [0.4, 0.5) is 0 Å². The number of amides is 1. The van der Waals surface area contributed by atoms with Gasteiger partial charge in [-0.05, 0) is 36.4 Å². The van der Waals surface area contributed by atoms with E-state index in [1.165, 1.54) is 0 Å². The average molecular weight is 463 g/mol. The molecule has 4 rings (SSSR count). The van der Waals surface area contributed by atoms with Crippen LogP contribution in [0.25, 0.3) is 22.3 Å². The van der Waals surface area contributed by atoms with Gasteiger partial charge in [-0.25, -0.2) is 4.98 Å². The summed E-state index contributed by atoms with van der Waals surface area (Å²) in [5.74, 6) is 1.81. The first kappa shape index (κ1) is 23.1. The van der Waals surface area contributed by atoms with E-state index in [-0.39, 0.29) is 30.9 Å². The third kappa shape index (κ3) is 5.46. The fourth-order valence-corrected chi connectivity index (χ4v) is 3.47. The molecule has 0 saturated carbocycles. The van der Waals surface area contributed by atoms with Gasteiger partial charge in [0.15, 0.2) is 0 Å². The number of aryl methyl sites for hydroxylation is 1. The maximum absolute atomic E-state index is 13.0. The average Bonchev–Trinajstić information content (AvgIpc) is 3.34. The number of aromatic amines is 1. The number of nitrogens with one attached hydrogen (secondary N) is 1. The summed E-state index contributed by atoms with van der Waals surface area (Å²) in [5.41, 5.74) is 1.13. The first-order valence-electron chi connectivity index (χ1n) is 10.8. The summed E-state index contributed by atoms with van der Waals surface area (Å²) in [6, 6.07) is 14.4. The highest BCUT2D eigenvalue weighted by molar-refractivity contribution is 5.78. The first-order valence-corrected chi connectivity index (χ1v) is 10.8. The van der Waals surface area contributed by atoms with Gasteiger partial charge in [0.2, 0.25) is 17.6 Å². The van der Waals surface area contributed by atoms with Crippen LogP contribution >= 0.6 is 0 Å². The largest absolute Gasteiger partial charge is 0.497 e. The van der Waals surface area contributed by atoms with Crippen molar-refractivity contribution in [3.63, 3.8) is 0 Å². The van der Waals surface area contributed by atoms with Gasteiger partial charge in [0, 0.05) is 32.1 Å². The standard InChI is InChI=1S/C24H25N5O5/c1-32-14-13-29(15-20-25-19-6-4-3-5-18(19)24(31)26-20)22(30)12-11-21-27-23(28-34-21)16-7-9-17(33-2)10-8-16/h3-10H,11-15H2,1-2H3,(H,25,26,31). The molecule has 0 saturated heterocycles. The number of hydrogen-bond donors (Lipinski definition) is 1. The van der Waals surface area contributed by atoms with Crippen LogP contribution in [0.15, 0.2) is 57.8 Å². The smallest absolute Gasteiger partial charge is 0.258 e. The highest BCUT2D eigenvalue weighted by atomic mass is 16.5. The van der Waals surface area contributed by atoms with Crippen molar-refractivity contribution in [3.8, 4) is 17.1 Å². The Morgan fingerprint density at radius 2 is 1.88 bits per heavy atom. The maximum atomic E-state index is 13.0. The third-order valence-electron chi connectivity index (χ3n) is 5.29. The summed E-state index contributed by atoms with van der Waals surface area (Å²) < 4.78 is 15.6. The number of rotatable bonds is 10. The predicted octanol–water partition coefficient (Wildman–Crippen LogP) is 2.59. The van der Waals surface area contributed by atoms with E-state index in [2.05, 4.69) is 20.1 Å². The lowest BCUT2D eigenvalue weighted by Crippen LogP contribution is -2.34. The monoisotopic (exact) mass is 463 g/mol. The van der Waals surface area contributed by atoms with Crippen molar-refractivity contribution in [1.29, 1.82) is 0 Å². The second-order valence-corrected chi connectivity index (χ2v) is 7.58. The van der Waals surface area contributed by atoms with E-state index in [9.17, 15) is 9.59 Å². The Morgan fingerprint density at radius 3 is 2.65 bits per heavy atom. The van der Waals surface area contributed by atoms with Crippen LogP contribution in [0.2, 0.25) is 0 Å². The number of carbonyl (C=O) groups excluding carboxylic acids is 1. The minimum absolute atomic E-state index is 0.142. The molecule has 1 amide bonds. The Balaban J connectivity index is 1.43. The van der Waals surface area contributed by atoms with Gasteiger partial charge < -0.3 is 23.9 Å². The Kier molecular flexibility index (Phi) is 7.28. The summed E-state index contributed by atoms with van der Waals surface area (Å²) in [4.78, 5) is 38.6. The van der Waals surface area contributed by atoms with Gasteiger partial charge in [-0.15, -0.1) is 0 Å². The number of methoxy groups -OCH3 is 2. The van der Waals surface area contributed by atoms with Crippen LogP contribution in [-0.4, -0.2) is 58.3 Å². The van der Waals surface area contributed by atoms with Gasteiger partial charge in [-0.3, -0.25) is 9.59 Å². The van der Waals surface area contributed by atoms with Crippen molar-refractivity contribution in [1.82, 2.24) is 25.0 Å². The molecule has 10 heteroatoms. The molecule has 2 heterocycles. The number of H-pyrrole nitrogens is 1. The van der Waals surface area contributed by atoms with E-state index in [1.54, 1.807) is 37.3 Å². The Morgan fingerprint density at radius 1 is 1.09 bits per heavy atom. The summed E-state index contributed by atoms with van der Waals surface area (Å²) >= 11 is 0. The van der Waals surface area contributed by atoms with Crippen LogP contribution in [0.1, 0.15) is 18.1 Å². The van der Waals surface area contributed by atoms with Crippen molar-refractivity contribution >= 4 is 16.8 Å². The molecule has 0 aliphatic carbocycles. The summed E-state index contributed by atoms with van der Waals surface area (Å²) in [7, 11) is 3.17. The highest BCUT2D eigenvalue weighted by Gasteiger charge is 2.18. The predicted molar refractivity (Wildman–Crippen MR) is 124 cm³/mol. The Bertz CT molecular complexity index is 1320. The maximum Gasteiger partial charge on any atom is 0.258 e. The molecule has 0 fully saturated rings. The van der Waals surface area contributed by atoms with Crippen LogP contribution in [0, 0.1) is 0 Å². The molecule has 0 atom stereocenters. The molecule has 10 nitrogen and oxygen atoms in total. The van der Waals surface area contributed by atoms with E-state index < -0.39 is 0 Å². The van der Waals surface area contributed by atoms with E-state index in [4.69, 9.17) is 14.0 Å². The molecule has 0 aliphatic heterocycles. The lowest BCUT2D eigenvalue weighted by Gasteiger charge is -2.21. The molecule has 0 spiro atoms. The fraction of sp³-hybridized carbons (Fsp3) is 0.292. The molecule has 4 aromatic rings. The highest BCUT2D eigenvalue weighted by Crippen LogP contribution is 2.20. The zero-order valence-electron chi connectivity index (χ0n) is 19.0. The van der Waals surface area contributed by atoms with Gasteiger partial charge >= 0.3 is 0 Å².